The Morgan fingerprint density at radius 1 is 1.32 bits per heavy atom. The Kier molecular flexibility index (Phi) is 6.03. The van der Waals surface area contributed by atoms with E-state index in [4.69, 9.17) is 16.3 Å². The van der Waals surface area contributed by atoms with Crippen molar-refractivity contribution in [3.05, 3.63) is 28.8 Å². The number of carbonyl (C=O) groups is 2. The standard InChI is InChI=1S/C15H20ClN3O3/c1-10-2-3-13(12(16)8-10)19-14(20)9-17-15(21)18-11-4-6-22-7-5-11/h2-3,8,11H,4-7,9H2,1H3,(H,19,20)(H2,17,18,21). The van der Waals surface area contributed by atoms with Gasteiger partial charge in [0.1, 0.15) is 0 Å². The molecule has 0 atom stereocenters. The van der Waals surface area contributed by atoms with Crippen molar-refractivity contribution in [1.82, 2.24) is 10.6 Å². The summed E-state index contributed by atoms with van der Waals surface area (Å²) in [6.45, 7) is 3.10. The van der Waals surface area contributed by atoms with Crippen molar-refractivity contribution in [1.29, 1.82) is 0 Å². The molecule has 0 spiro atoms. The fourth-order valence-electron chi connectivity index (χ4n) is 2.15. The maximum atomic E-state index is 11.8. The van der Waals surface area contributed by atoms with Gasteiger partial charge in [-0.05, 0) is 37.5 Å². The van der Waals surface area contributed by atoms with Gasteiger partial charge in [0.05, 0.1) is 17.3 Å². The predicted molar refractivity (Wildman–Crippen MR) is 85.2 cm³/mol. The molecule has 0 aromatic heterocycles. The highest BCUT2D eigenvalue weighted by molar-refractivity contribution is 6.33. The predicted octanol–water partition coefficient (Wildman–Crippen LogP) is 2.07. The minimum atomic E-state index is -0.350. The monoisotopic (exact) mass is 325 g/mol. The van der Waals surface area contributed by atoms with E-state index < -0.39 is 0 Å². The molecule has 0 aliphatic carbocycles. The first-order valence-corrected chi connectivity index (χ1v) is 7.60. The van der Waals surface area contributed by atoms with E-state index in [2.05, 4.69) is 16.0 Å². The van der Waals surface area contributed by atoms with Gasteiger partial charge >= 0.3 is 6.03 Å². The van der Waals surface area contributed by atoms with Gasteiger partial charge in [-0.1, -0.05) is 17.7 Å². The number of ether oxygens (including phenoxy) is 1. The van der Waals surface area contributed by atoms with Crippen LogP contribution in [0.2, 0.25) is 5.02 Å². The lowest BCUT2D eigenvalue weighted by Crippen LogP contribution is -2.46. The summed E-state index contributed by atoms with van der Waals surface area (Å²) in [5, 5.41) is 8.49. The zero-order valence-corrected chi connectivity index (χ0v) is 13.2. The van der Waals surface area contributed by atoms with Gasteiger partial charge < -0.3 is 20.7 Å². The second-order valence-corrected chi connectivity index (χ2v) is 5.65. The van der Waals surface area contributed by atoms with Gasteiger partial charge in [-0.15, -0.1) is 0 Å². The molecule has 3 amide bonds. The average molecular weight is 326 g/mol. The molecule has 7 heteroatoms. The number of benzene rings is 1. The molecule has 22 heavy (non-hydrogen) atoms. The summed E-state index contributed by atoms with van der Waals surface area (Å²) in [6.07, 6.45) is 1.58. The van der Waals surface area contributed by atoms with Gasteiger partial charge in [0.15, 0.2) is 0 Å². The lowest BCUT2D eigenvalue weighted by Gasteiger charge is -2.23. The summed E-state index contributed by atoms with van der Waals surface area (Å²) in [5.74, 6) is -0.326. The molecule has 1 aromatic carbocycles. The van der Waals surface area contributed by atoms with Gasteiger partial charge in [-0.3, -0.25) is 4.79 Å². The van der Waals surface area contributed by atoms with Crippen molar-refractivity contribution < 1.29 is 14.3 Å². The van der Waals surface area contributed by atoms with E-state index in [0.717, 1.165) is 18.4 Å². The first-order chi connectivity index (χ1) is 10.5. The van der Waals surface area contributed by atoms with Gasteiger partial charge in [-0.2, -0.15) is 0 Å². The molecule has 0 bridgehead atoms. The van der Waals surface area contributed by atoms with Crippen LogP contribution < -0.4 is 16.0 Å². The first kappa shape index (κ1) is 16.6. The Bertz CT molecular complexity index is 545. The van der Waals surface area contributed by atoms with Crippen LogP contribution >= 0.6 is 11.6 Å². The highest BCUT2D eigenvalue weighted by Gasteiger charge is 2.16. The lowest BCUT2D eigenvalue weighted by molar-refractivity contribution is -0.115. The fraction of sp³-hybridized carbons (Fsp3) is 0.467. The van der Waals surface area contributed by atoms with Crippen LogP contribution in [-0.2, 0) is 9.53 Å². The Labute approximate surface area is 134 Å². The van der Waals surface area contributed by atoms with Crippen molar-refractivity contribution in [3.8, 4) is 0 Å². The Morgan fingerprint density at radius 3 is 2.73 bits per heavy atom. The summed E-state index contributed by atoms with van der Waals surface area (Å²) in [7, 11) is 0. The largest absolute Gasteiger partial charge is 0.381 e. The van der Waals surface area contributed by atoms with Crippen molar-refractivity contribution in [2.75, 3.05) is 25.1 Å². The fourth-order valence-corrected chi connectivity index (χ4v) is 2.44. The summed E-state index contributed by atoms with van der Waals surface area (Å²) in [5.41, 5.74) is 1.54. The molecule has 0 saturated carbocycles. The SMILES string of the molecule is Cc1ccc(NC(=O)CNC(=O)NC2CCOCC2)c(Cl)c1. The maximum Gasteiger partial charge on any atom is 0.315 e. The molecular formula is C15H20ClN3O3. The highest BCUT2D eigenvalue weighted by Crippen LogP contribution is 2.22. The van der Waals surface area contributed by atoms with E-state index in [1.54, 1.807) is 12.1 Å². The van der Waals surface area contributed by atoms with E-state index in [0.29, 0.717) is 23.9 Å². The van der Waals surface area contributed by atoms with Crippen molar-refractivity contribution in [2.45, 2.75) is 25.8 Å². The smallest absolute Gasteiger partial charge is 0.315 e. The van der Waals surface area contributed by atoms with Crippen LogP contribution in [0.15, 0.2) is 18.2 Å². The van der Waals surface area contributed by atoms with Gasteiger partial charge in [0.25, 0.3) is 0 Å². The molecule has 1 heterocycles. The van der Waals surface area contributed by atoms with E-state index in [-0.39, 0.29) is 24.5 Å². The second kappa shape index (κ2) is 8.00. The van der Waals surface area contributed by atoms with Crippen molar-refractivity contribution in [2.24, 2.45) is 0 Å². The third-order valence-corrected chi connectivity index (χ3v) is 3.68. The quantitative estimate of drug-likeness (QED) is 0.793. The topological polar surface area (TPSA) is 79.5 Å². The molecule has 6 nitrogen and oxygen atoms in total. The van der Waals surface area contributed by atoms with Gasteiger partial charge in [-0.25, -0.2) is 4.79 Å². The number of hydrogen-bond donors (Lipinski definition) is 3. The third kappa shape index (κ3) is 5.20. The maximum absolute atomic E-state index is 11.8. The number of halogens is 1. The molecule has 2 rings (SSSR count). The summed E-state index contributed by atoms with van der Waals surface area (Å²) < 4.78 is 5.22. The zero-order valence-electron chi connectivity index (χ0n) is 12.4. The van der Waals surface area contributed by atoms with Crippen LogP contribution in [0.1, 0.15) is 18.4 Å². The Hall–Kier alpha value is -1.79. The molecule has 120 valence electrons. The summed E-state index contributed by atoms with van der Waals surface area (Å²) in [4.78, 5) is 23.5. The zero-order chi connectivity index (χ0) is 15.9. The average Bonchev–Trinajstić information content (AvgIpc) is 2.49. The van der Waals surface area contributed by atoms with E-state index in [9.17, 15) is 9.59 Å². The van der Waals surface area contributed by atoms with Gasteiger partial charge in [0, 0.05) is 19.3 Å². The highest BCUT2D eigenvalue weighted by atomic mass is 35.5. The molecule has 1 saturated heterocycles. The number of rotatable bonds is 4. The molecule has 1 aliphatic rings. The molecule has 0 unspecified atom stereocenters. The number of hydrogen-bond acceptors (Lipinski definition) is 3. The number of nitrogens with one attached hydrogen (secondary N) is 3. The van der Waals surface area contributed by atoms with Crippen LogP contribution in [0.3, 0.4) is 0 Å². The van der Waals surface area contributed by atoms with Crippen molar-refractivity contribution in [3.63, 3.8) is 0 Å². The number of anilines is 1. The summed E-state index contributed by atoms with van der Waals surface area (Å²) in [6, 6.07) is 5.10. The van der Waals surface area contributed by atoms with Crippen LogP contribution in [-0.4, -0.2) is 37.7 Å². The molecule has 1 aliphatic heterocycles. The molecule has 1 fully saturated rings. The number of carbonyl (C=O) groups excluding carboxylic acids is 2. The van der Waals surface area contributed by atoms with E-state index in [1.165, 1.54) is 0 Å². The third-order valence-electron chi connectivity index (χ3n) is 3.36. The second-order valence-electron chi connectivity index (χ2n) is 5.25. The molecule has 3 N–H and O–H groups in total. The van der Waals surface area contributed by atoms with Crippen LogP contribution in [0, 0.1) is 6.92 Å². The van der Waals surface area contributed by atoms with E-state index >= 15 is 0 Å². The minimum Gasteiger partial charge on any atom is -0.381 e. The van der Waals surface area contributed by atoms with Gasteiger partial charge in [0.2, 0.25) is 5.91 Å². The van der Waals surface area contributed by atoms with Crippen LogP contribution in [0.4, 0.5) is 10.5 Å². The first-order valence-electron chi connectivity index (χ1n) is 7.22. The minimum absolute atomic E-state index is 0.100. The normalized spacial score (nSPS) is 15.2. The number of amides is 3. The summed E-state index contributed by atoms with van der Waals surface area (Å²) >= 11 is 6.04. The van der Waals surface area contributed by atoms with Crippen LogP contribution in [0.5, 0.6) is 0 Å². The lowest BCUT2D eigenvalue weighted by atomic mass is 10.1. The number of urea groups is 1. The van der Waals surface area contributed by atoms with E-state index in [1.807, 2.05) is 13.0 Å². The Balaban J connectivity index is 1.73. The Morgan fingerprint density at radius 2 is 2.05 bits per heavy atom. The molecular weight excluding hydrogens is 306 g/mol. The number of aryl methyl sites for hydroxylation is 1. The molecule has 0 radical (unpaired) electrons. The molecule has 1 aromatic rings. The van der Waals surface area contributed by atoms with Crippen LogP contribution in [0.25, 0.3) is 0 Å². The van der Waals surface area contributed by atoms with Crippen molar-refractivity contribution >= 4 is 29.2 Å².